The molecular weight excluding hydrogens is 274 g/mol. The van der Waals surface area contributed by atoms with Crippen LogP contribution in [-0.2, 0) is 11.2 Å². The van der Waals surface area contributed by atoms with Crippen molar-refractivity contribution in [1.82, 2.24) is 0 Å². The van der Waals surface area contributed by atoms with Crippen molar-refractivity contribution in [2.45, 2.75) is 13.3 Å². The van der Waals surface area contributed by atoms with E-state index in [0.29, 0.717) is 5.69 Å². The van der Waals surface area contributed by atoms with Crippen LogP contribution in [0.5, 0.6) is 0 Å². The van der Waals surface area contributed by atoms with Crippen molar-refractivity contribution in [2.75, 3.05) is 17.2 Å². The molecule has 0 aliphatic heterocycles. The molecule has 0 saturated carbocycles. The van der Waals surface area contributed by atoms with E-state index >= 15 is 0 Å². The van der Waals surface area contributed by atoms with Gasteiger partial charge in [0.25, 0.3) is 0 Å². The van der Waals surface area contributed by atoms with Crippen molar-refractivity contribution in [3.05, 3.63) is 59.7 Å². The fourth-order valence-electron chi connectivity index (χ4n) is 1.93. The number of benzene rings is 2. The molecule has 2 rings (SSSR count). The third-order valence-electron chi connectivity index (χ3n) is 3.05. The molecule has 0 radical (unpaired) electrons. The van der Waals surface area contributed by atoms with Crippen molar-refractivity contribution < 1.29 is 13.6 Å². The van der Waals surface area contributed by atoms with E-state index in [2.05, 4.69) is 10.6 Å². The third kappa shape index (κ3) is 4.02. The molecule has 0 spiro atoms. The lowest BCUT2D eigenvalue weighted by atomic mass is 10.1. The Balaban J connectivity index is 1.94. The standard InChI is InChI=1S/C16H16F2N2O/c1-2-11-5-3-4-6-15(11)20-16(21)10-19-12-7-8-13(17)14(18)9-12/h3-9,19H,2,10H2,1H3,(H,20,21). The summed E-state index contributed by atoms with van der Waals surface area (Å²) in [5.41, 5.74) is 2.16. The predicted octanol–water partition coefficient (Wildman–Crippen LogP) is 3.58. The first-order valence-electron chi connectivity index (χ1n) is 6.67. The van der Waals surface area contributed by atoms with Gasteiger partial charge in [0.2, 0.25) is 5.91 Å². The molecular formula is C16H16F2N2O. The van der Waals surface area contributed by atoms with Crippen LogP contribution in [0.3, 0.4) is 0 Å². The van der Waals surface area contributed by atoms with E-state index < -0.39 is 11.6 Å². The highest BCUT2D eigenvalue weighted by Crippen LogP contribution is 2.16. The number of rotatable bonds is 5. The molecule has 1 amide bonds. The van der Waals surface area contributed by atoms with Crippen molar-refractivity contribution in [1.29, 1.82) is 0 Å². The fourth-order valence-corrected chi connectivity index (χ4v) is 1.93. The number of para-hydroxylation sites is 1. The molecule has 3 nitrogen and oxygen atoms in total. The quantitative estimate of drug-likeness (QED) is 0.883. The van der Waals surface area contributed by atoms with Crippen molar-refractivity contribution in [2.24, 2.45) is 0 Å². The van der Waals surface area contributed by atoms with E-state index in [-0.39, 0.29) is 12.5 Å². The first-order chi connectivity index (χ1) is 10.1. The zero-order chi connectivity index (χ0) is 15.2. The van der Waals surface area contributed by atoms with Crippen LogP contribution >= 0.6 is 0 Å². The highest BCUT2D eigenvalue weighted by atomic mass is 19.2. The van der Waals surface area contributed by atoms with E-state index in [0.717, 1.165) is 29.8 Å². The van der Waals surface area contributed by atoms with Gasteiger partial charge in [-0.3, -0.25) is 4.79 Å². The predicted molar refractivity (Wildman–Crippen MR) is 79.3 cm³/mol. The molecule has 0 aromatic heterocycles. The lowest BCUT2D eigenvalue weighted by Gasteiger charge is -2.11. The number of carbonyl (C=O) groups excluding carboxylic acids is 1. The molecule has 2 N–H and O–H groups in total. The molecule has 110 valence electrons. The van der Waals surface area contributed by atoms with E-state index in [1.807, 2.05) is 31.2 Å². The highest BCUT2D eigenvalue weighted by Gasteiger charge is 2.07. The third-order valence-corrected chi connectivity index (χ3v) is 3.05. The molecule has 0 bridgehead atoms. The van der Waals surface area contributed by atoms with E-state index in [4.69, 9.17) is 0 Å². The Labute approximate surface area is 122 Å². The molecule has 0 heterocycles. The van der Waals surface area contributed by atoms with E-state index in [1.165, 1.54) is 6.07 Å². The van der Waals surface area contributed by atoms with E-state index in [1.54, 1.807) is 0 Å². The topological polar surface area (TPSA) is 41.1 Å². The number of halogens is 2. The van der Waals surface area contributed by atoms with Crippen LogP contribution in [0.15, 0.2) is 42.5 Å². The lowest BCUT2D eigenvalue weighted by Crippen LogP contribution is -2.22. The first-order valence-corrected chi connectivity index (χ1v) is 6.67. The Morgan fingerprint density at radius 1 is 1.10 bits per heavy atom. The Morgan fingerprint density at radius 2 is 1.86 bits per heavy atom. The Bertz CT molecular complexity index is 644. The second-order valence-electron chi connectivity index (χ2n) is 4.54. The fraction of sp³-hybridized carbons (Fsp3) is 0.188. The molecule has 0 aliphatic carbocycles. The maximum absolute atomic E-state index is 13.0. The monoisotopic (exact) mass is 290 g/mol. The number of hydrogen-bond donors (Lipinski definition) is 2. The van der Waals surface area contributed by atoms with Crippen LogP contribution in [0.25, 0.3) is 0 Å². The van der Waals surface area contributed by atoms with Crippen LogP contribution in [-0.4, -0.2) is 12.5 Å². The number of aryl methyl sites for hydroxylation is 1. The Kier molecular flexibility index (Phi) is 4.87. The van der Waals surface area contributed by atoms with Crippen LogP contribution in [0, 0.1) is 11.6 Å². The number of nitrogens with one attached hydrogen (secondary N) is 2. The van der Waals surface area contributed by atoms with Crippen LogP contribution in [0.1, 0.15) is 12.5 Å². The average Bonchev–Trinajstić information content (AvgIpc) is 2.49. The smallest absolute Gasteiger partial charge is 0.243 e. The van der Waals surface area contributed by atoms with Gasteiger partial charge < -0.3 is 10.6 Å². The molecule has 0 fully saturated rings. The zero-order valence-electron chi connectivity index (χ0n) is 11.6. The van der Waals surface area contributed by atoms with Crippen molar-refractivity contribution in [3.63, 3.8) is 0 Å². The molecule has 0 unspecified atom stereocenters. The number of carbonyl (C=O) groups is 1. The van der Waals surface area contributed by atoms with Gasteiger partial charge in [-0.05, 0) is 30.2 Å². The molecule has 5 heteroatoms. The molecule has 0 saturated heterocycles. The largest absolute Gasteiger partial charge is 0.376 e. The summed E-state index contributed by atoms with van der Waals surface area (Å²) in [6, 6.07) is 10.9. The van der Waals surface area contributed by atoms with Crippen LogP contribution < -0.4 is 10.6 Å². The first kappa shape index (κ1) is 15.0. The maximum atomic E-state index is 13.0. The minimum absolute atomic E-state index is 0.0247. The summed E-state index contributed by atoms with van der Waals surface area (Å²) in [5.74, 6) is -2.11. The van der Waals surface area contributed by atoms with Gasteiger partial charge in [-0.1, -0.05) is 25.1 Å². The summed E-state index contributed by atoms with van der Waals surface area (Å²) >= 11 is 0. The second kappa shape index (κ2) is 6.83. The summed E-state index contributed by atoms with van der Waals surface area (Å²) < 4.78 is 25.8. The molecule has 21 heavy (non-hydrogen) atoms. The van der Waals surface area contributed by atoms with Crippen molar-refractivity contribution in [3.8, 4) is 0 Å². The van der Waals surface area contributed by atoms with Crippen molar-refractivity contribution >= 4 is 17.3 Å². The van der Waals surface area contributed by atoms with Gasteiger partial charge >= 0.3 is 0 Å². The van der Waals surface area contributed by atoms with Gasteiger partial charge in [-0.25, -0.2) is 8.78 Å². The molecule has 2 aromatic carbocycles. The molecule has 0 aliphatic rings. The maximum Gasteiger partial charge on any atom is 0.243 e. The average molecular weight is 290 g/mol. The van der Waals surface area contributed by atoms with Gasteiger partial charge in [0.1, 0.15) is 0 Å². The Morgan fingerprint density at radius 3 is 2.57 bits per heavy atom. The number of amides is 1. The van der Waals surface area contributed by atoms with E-state index in [9.17, 15) is 13.6 Å². The van der Waals surface area contributed by atoms with Crippen LogP contribution in [0.4, 0.5) is 20.2 Å². The summed E-state index contributed by atoms with van der Waals surface area (Å²) in [7, 11) is 0. The number of hydrogen-bond acceptors (Lipinski definition) is 2. The summed E-state index contributed by atoms with van der Waals surface area (Å²) in [6.07, 6.45) is 0.813. The summed E-state index contributed by atoms with van der Waals surface area (Å²) in [6.45, 7) is 1.98. The SMILES string of the molecule is CCc1ccccc1NC(=O)CNc1ccc(F)c(F)c1. The Hall–Kier alpha value is -2.43. The number of anilines is 2. The van der Waals surface area contributed by atoms with Gasteiger partial charge in [0.05, 0.1) is 6.54 Å². The second-order valence-corrected chi connectivity index (χ2v) is 4.54. The lowest BCUT2D eigenvalue weighted by molar-refractivity contribution is -0.114. The summed E-state index contributed by atoms with van der Waals surface area (Å²) in [4.78, 5) is 11.9. The van der Waals surface area contributed by atoms with Crippen LogP contribution in [0.2, 0.25) is 0 Å². The minimum atomic E-state index is -0.947. The summed E-state index contributed by atoms with van der Waals surface area (Å²) in [5, 5.41) is 5.54. The normalized spacial score (nSPS) is 10.2. The van der Waals surface area contributed by atoms with Gasteiger partial charge in [-0.15, -0.1) is 0 Å². The van der Waals surface area contributed by atoms with Gasteiger partial charge in [0, 0.05) is 17.4 Å². The minimum Gasteiger partial charge on any atom is -0.376 e. The van der Waals surface area contributed by atoms with Gasteiger partial charge in [0.15, 0.2) is 11.6 Å². The molecule has 0 atom stereocenters. The molecule has 2 aromatic rings. The zero-order valence-corrected chi connectivity index (χ0v) is 11.6. The van der Waals surface area contributed by atoms with Gasteiger partial charge in [-0.2, -0.15) is 0 Å². The highest BCUT2D eigenvalue weighted by molar-refractivity contribution is 5.94.